The van der Waals surface area contributed by atoms with Crippen LogP contribution in [-0.4, -0.2) is 15.5 Å². The fraction of sp³-hybridized carbons (Fsp3) is 0.176. The molecule has 0 radical (unpaired) electrons. The number of hydrogen-bond acceptors (Lipinski definition) is 2. The minimum atomic E-state index is -4.39. The molecule has 0 saturated carbocycles. The molecule has 124 valence electrons. The molecule has 0 atom stereocenters. The maximum absolute atomic E-state index is 12.5. The molecule has 3 aromatic rings. The number of imidazole rings is 1. The van der Waals surface area contributed by atoms with Crippen LogP contribution in [0.1, 0.15) is 11.1 Å². The topological polar surface area (TPSA) is 46.9 Å². The van der Waals surface area contributed by atoms with E-state index in [-0.39, 0.29) is 12.3 Å². The highest BCUT2D eigenvalue weighted by atomic mass is 19.4. The number of amides is 1. The third-order valence-corrected chi connectivity index (χ3v) is 3.65. The lowest BCUT2D eigenvalue weighted by atomic mass is 10.1. The van der Waals surface area contributed by atoms with E-state index in [0.717, 1.165) is 28.7 Å². The quantitative estimate of drug-likeness (QED) is 0.793. The van der Waals surface area contributed by atoms with Crippen LogP contribution in [0, 0.1) is 0 Å². The van der Waals surface area contributed by atoms with Crippen molar-refractivity contribution in [3.63, 3.8) is 0 Å². The van der Waals surface area contributed by atoms with Crippen LogP contribution < -0.4 is 5.32 Å². The van der Waals surface area contributed by atoms with Gasteiger partial charge >= 0.3 is 6.18 Å². The standard InChI is InChI=1S/C17H14F3N3O/c1-23-10-21-14-8-11(2-7-15(14)23)9-16(24)22-13-5-3-12(4-6-13)17(18,19)20/h2-8,10H,9H2,1H3,(H,22,24). The number of anilines is 1. The monoisotopic (exact) mass is 333 g/mol. The van der Waals surface area contributed by atoms with Crippen molar-refractivity contribution in [1.29, 1.82) is 0 Å². The molecule has 0 fully saturated rings. The van der Waals surface area contributed by atoms with E-state index in [4.69, 9.17) is 0 Å². The summed E-state index contributed by atoms with van der Waals surface area (Å²) in [6, 6.07) is 9.89. The van der Waals surface area contributed by atoms with Gasteiger partial charge in [0.15, 0.2) is 0 Å². The van der Waals surface area contributed by atoms with Gasteiger partial charge in [0.25, 0.3) is 0 Å². The summed E-state index contributed by atoms with van der Waals surface area (Å²) in [4.78, 5) is 16.3. The van der Waals surface area contributed by atoms with E-state index in [0.29, 0.717) is 5.69 Å². The lowest BCUT2D eigenvalue weighted by molar-refractivity contribution is -0.137. The summed E-state index contributed by atoms with van der Waals surface area (Å²) >= 11 is 0. The van der Waals surface area contributed by atoms with Gasteiger partial charge in [0, 0.05) is 12.7 Å². The smallest absolute Gasteiger partial charge is 0.334 e. The molecule has 1 N–H and O–H groups in total. The summed E-state index contributed by atoms with van der Waals surface area (Å²) in [7, 11) is 1.88. The van der Waals surface area contributed by atoms with Gasteiger partial charge in [-0.3, -0.25) is 4.79 Å². The van der Waals surface area contributed by atoms with Gasteiger partial charge in [-0.05, 0) is 42.0 Å². The van der Waals surface area contributed by atoms with Crippen LogP contribution in [-0.2, 0) is 24.4 Å². The molecule has 1 heterocycles. The van der Waals surface area contributed by atoms with Crippen molar-refractivity contribution in [2.75, 3.05) is 5.32 Å². The molecule has 3 rings (SSSR count). The summed E-state index contributed by atoms with van der Waals surface area (Å²) in [5.41, 5.74) is 2.11. The second-order valence-corrected chi connectivity index (χ2v) is 5.48. The Morgan fingerprint density at radius 2 is 1.88 bits per heavy atom. The Bertz CT molecular complexity index is 882. The Balaban J connectivity index is 1.68. The maximum atomic E-state index is 12.5. The Kier molecular flexibility index (Phi) is 4.01. The molecule has 0 bridgehead atoms. The number of benzene rings is 2. The lowest BCUT2D eigenvalue weighted by Gasteiger charge is -2.09. The first-order valence-corrected chi connectivity index (χ1v) is 7.20. The van der Waals surface area contributed by atoms with Crippen molar-refractivity contribution >= 4 is 22.6 Å². The van der Waals surface area contributed by atoms with Crippen LogP contribution >= 0.6 is 0 Å². The van der Waals surface area contributed by atoms with Crippen LogP contribution in [0.2, 0.25) is 0 Å². The second-order valence-electron chi connectivity index (χ2n) is 5.48. The minimum Gasteiger partial charge on any atom is -0.334 e. The molecule has 0 saturated heterocycles. The SMILES string of the molecule is Cn1cnc2cc(CC(=O)Nc3ccc(C(F)(F)F)cc3)ccc21. The van der Waals surface area contributed by atoms with Crippen molar-refractivity contribution in [3.05, 3.63) is 59.9 Å². The van der Waals surface area contributed by atoms with Gasteiger partial charge in [0.1, 0.15) is 0 Å². The number of rotatable bonds is 3. The highest BCUT2D eigenvalue weighted by molar-refractivity contribution is 5.92. The largest absolute Gasteiger partial charge is 0.416 e. The van der Waals surface area contributed by atoms with E-state index in [9.17, 15) is 18.0 Å². The zero-order valence-corrected chi connectivity index (χ0v) is 12.8. The van der Waals surface area contributed by atoms with Gasteiger partial charge < -0.3 is 9.88 Å². The fourth-order valence-corrected chi connectivity index (χ4v) is 2.42. The first kappa shape index (κ1) is 16.0. The second kappa shape index (κ2) is 5.99. The molecule has 0 aliphatic rings. The first-order valence-electron chi connectivity index (χ1n) is 7.20. The number of fused-ring (bicyclic) bond motifs is 1. The van der Waals surface area contributed by atoms with E-state index in [1.54, 1.807) is 6.33 Å². The first-order chi connectivity index (χ1) is 11.3. The van der Waals surface area contributed by atoms with E-state index in [1.807, 2.05) is 29.8 Å². The number of halogens is 3. The number of hydrogen-bond donors (Lipinski definition) is 1. The van der Waals surface area contributed by atoms with Crippen molar-refractivity contribution in [2.24, 2.45) is 7.05 Å². The number of nitrogens with zero attached hydrogens (tertiary/aromatic N) is 2. The summed E-state index contributed by atoms with van der Waals surface area (Å²) in [6.07, 6.45) is -2.58. The molecule has 1 amide bonds. The van der Waals surface area contributed by atoms with Gasteiger partial charge in [0.05, 0.1) is 29.3 Å². The van der Waals surface area contributed by atoms with Gasteiger partial charge in [0.2, 0.25) is 5.91 Å². The average Bonchev–Trinajstić information content (AvgIpc) is 2.87. The van der Waals surface area contributed by atoms with E-state index in [1.165, 1.54) is 12.1 Å². The van der Waals surface area contributed by atoms with Crippen LogP contribution in [0.4, 0.5) is 18.9 Å². The number of nitrogens with one attached hydrogen (secondary N) is 1. The average molecular weight is 333 g/mol. The number of aryl methyl sites for hydroxylation is 1. The summed E-state index contributed by atoms with van der Waals surface area (Å²) in [6.45, 7) is 0. The highest BCUT2D eigenvalue weighted by Gasteiger charge is 2.29. The molecule has 24 heavy (non-hydrogen) atoms. The predicted molar refractivity (Wildman–Crippen MR) is 84.5 cm³/mol. The van der Waals surface area contributed by atoms with Gasteiger partial charge in [-0.2, -0.15) is 13.2 Å². The summed E-state index contributed by atoms with van der Waals surface area (Å²) in [5, 5.41) is 2.59. The van der Waals surface area contributed by atoms with E-state index >= 15 is 0 Å². The third kappa shape index (κ3) is 3.40. The fourth-order valence-electron chi connectivity index (χ4n) is 2.42. The van der Waals surface area contributed by atoms with E-state index < -0.39 is 11.7 Å². The summed E-state index contributed by atoms with van der Waals surface area (Å²) < 4.78 is 39.4. The molecule has 0 aliphatic heterocycles. The Labute approximate surface area is 135 Å². The summed E-state index contributed by atoms with van der Waals surface area (Å²) in [5.74, 6) is -0.301. The van der Waals surface area contributed by atoms with Crippen molar-refractivity contribution in [1.82, 2.24) is 9.55 Å². The lowest BCUT2D eigenvalue weighted by Crippen LogP contribution is -2.14. The molecule has 7 heteroatoms. The number of carbonyl (C=O) groups is 1. The Hall–Kier alpha value is -2.83. The Morgan fingerprint density at radius 3 is 2.54 bits per heavy atom. The van der Waals surface area contributed by atoms with Crippen LogP contribution in [0.5, 0.6) is 0 Å². The number of aromatic nitrogens is 2. The van der Waals surface area contributed by atoms with Crippen LogP contribution in [0.15, 0.2) is 48.8 Å². The van der Waals surface area contributed by atoms with E-state index in [2.05, 4.69) is 10.3 Å². The van der Waals surface area contributed by atoms with Crippen LogP contribution in [0.25, 0.3) is 11.0 Å². The van der Waals surface area contributed by atoms with Gasteiger partial charge in [-0.15, -0.1) is 0 Å². The minimum absolute atomic E-state index is 0.119. The van der Waals surface area contributed by atoms with Crippen molar-refractivity contribution in [2.45, 2.75) is 12.6 Å². The van der Waals surface area contributed by atoms with Gasteiger partial charge in [-0.1, -0.05) is 6.07 Å². The number of alkyl halides is 3. The molecule has 1 aromatic heterocycles. The van der Waals surface area contributed by atoms with Crippen molar-refractivity contribution in [3.8, 4) is 0 Å². The number of carbonyl (C=O) groups excluding carboxylic acids is 1. The highest BCUT2D eigenvalue weighted by Crippen LogP contribution is 2.29. The zero-order valence-electron chi connectivity index (χ0n) is 12.8. The molecule has 0 unspecified atom stereocenters. The van der Waals surface area contributed by atoms with Crippen LogP contribution in [0.3, 0.4) is 0 Å². The molecule has 0 spiro atoms. The maximum Gasteiger partial charge on any atom is 0.416 e. The molecule has 4 nitrogen and oxygen atoms in total. The van der Waals surface area contributed by atoms with Crippen molar-refractivity contribution < 1.29 is 18.0 Å². The molecular weight excluding hydrogens is 319 g/mol. The zero-order chi connectivity index (χ0) is 17.3. The molecular formula is C17H14F3N3O. The molecule has 2 aromatic carbocycles. The third-order valence-electron chi connectivity index (χ3n) is 3.65. The van der Waals surface area contributed by atoms with Gasteiger partial charge in [-0.25, -0.2) is 4.98 Å². The predicted octanol–water partition coefficient (Wildman–Crippen LogP) is 3.77. The molecule has 0 aliphatic carbocycles. The Morgan fingerprint density at radius 1 is 1.17 bits per heavy atom. The normalized spacial score (nSPS) is 11.7.